The highest BCUT2D eigenvalue weighted by molar-refractivity contribution is 6.05. The third-order valence-corrected chi connectivity index (χ3v) is 3.09. The highest BCUT2D eigenvalue weighted by atomic mass is 16.3. The minimum atomic E-state index is -0.518. The molecular formula is C14H12N4O2. The zero-order valence-electron chi connectivity index (χ0n) is 10.5. The van der Waals surface area contributed by atoms with Gasteiger partial charge in [0.05, 0.1) is 29.6 Å². The number of hydrogen-bond donors (Lipinski definition) is 2. The Hall–Kier alpha value is -2.73. The fourth-order valence-electron chi connectivity index (χ4n) is 2.13. The monoisotopic (exact) mass is 268 g/mol. The minimum absolute atomic E-state index is 0.166. The van der Waals surface area contributed by atoms with Crippen molar-refractivity contribution in [3.63, 3.8) is 0 Å². The topological polar surface area (TPSA) is 94.0 Å². The van der Waals surface area contributed by atoms with Crippen LogP contribution >= 0.6 is 0 Å². The Kier molecular flexibility index (Phi) is 2.92. The molecule has 0 aliphatic rings. The molecule has 3 rings (SSSR count). The van der Waals surface area contributed by atoms with E-state index < -0.39 is 5.91 Å². The quantitative estimate of drug-likeness (QED) is 0.741. The average molecular weight is 268 g/mol. The number of aliphatic hydroxyl groups excluding tert-OH is 1. The number of rotatable bonds is 3. The molecule has 2 aromatic heterocycles. The Morgan fingerprint density at radius 3 is 2.90 bits per heavy atom. The summed E-state index contributed by atoms with van der Waals surface area (Å²) in [5.74, 6) is -0.0189. The van der Waals surface area contributed by atoms with Gasteiger partial charge in [-0.25, -0.2) is 9.97 Å². The fraction of sp³-hybridized carbons (Fsp3) is 0.0714. The van der Waals surface area contributed by atoms with Gasteiger partial charge in [-0.2, -0.15) is 0 Å². The van der Waals surface area contributed by atoms with E-state index >= 15 is 0 Å². The van der Waals surface area contributed by atoms with Crippen molar-refractivity contribution < 1.29 is 9.90 Å². The number of primary amides is 1. The summed E-state index contributed by atoms with van der Waals surface area (Å²) >= 11 is 0. The summed E-state index contributed by atoms with van der Waals surface area (Å²) in [6.45, 7) is -0.166. The van der Waals surface area contributed by atoms with Crippen molar-refractivity contribution in [2.24, 2.45) is 5.73 Å². The van der Waals surface area contributed by atoms with Crippen molar-refractivity contribution in [1.82, 2.24) is 14.5 Å². The average Bonchev–Trinajstić information content (AvgIpc) is 2.94. The number of nitrogens with two attached hydrogens (primary N) is 1. The van der Waals surface area contributed by atoms with E-state index in [0.717, 1.165) is 0 Å². The predicted molar refractivity (Wildman–Crippen MR) is 73.3 cm³/mol. The molecule has 1 aromatic carbocycles. The van der Waals surface area contributed by atoms with Gasteiger partial charge in [0.25, 0.3) is 0 Å². The van der Waals surface area contributed by atoms with Crippen LogP contribution in [0.1, 0.15) is 16.1 Å². The summed E-state index contributed by atoms with van der Waals surface area (Å²) in [7, 11) is 0. The van der Waals surface area contributed by atoms with Crippen LogP contribution in [0.5, 0.6) is 0 Å². The van der Waals surface area contributed by atoms with Gasteiger partial charge in [-0.1, -0.05) is 18.2 Å². The number of fused-ring (bicyclic) bond motifs is 1. The molecule has 100 valence electrons. The fourth-order valence-corrected chi connectivity index (χ4v) is 2.13. The van der Waals surface area contributed by atoms with Crippen molar-refractivity contribution in [3.8, 4) is 5.82 Å². The number of nitrogens with zero attached hydrogens (tertiary/aromatic N) is 3. The number of amides is 1. The van der Waals surface area contributed by atoms with Crippen LogP contribution < -0.4 is 5.73 Å². The molecule has 3 N–H and O–H groups in total. The lowest BCUT2D eigenvalue weighted by Gasteiger charge is -2.09. The molecule has 0 atom stereocenters. The molecule has 1 amide bonds. The molecule has 2 heterocycles. The SMILES string of the molecule is NC(=O)c1cc(-n2cncc2CO)nc2ccccc12. The molecule has 3 aromatic rings. The van der Waals surface area contributed by atoms with Crippen LogP contribution in [-0.2, 0) is 6.61 Å². The summed E-state index contributed by atoms with van der Waals surface area (Å²) in [5.41, 5.74) is 7.07. The first-order chi connectivity index (χ1) is 9.70. The first kappa shape index (κ1) is 12.3. The van der Waals surface area contributed by atoms with Gasteiger partial charge < -0.3 is 10.8 Å². The summed E-state index contributed by atoms with van der Waals surface area (Å²) < 4.78 is 1.62. The lowest BCUT2D eigenvalue weighted by atomic mass is 10.1. The van der Waals surface area contributed by atoms with E-state index in [0.29, 0.717) is 28.0 Å². The first-order valence-corrected chi connectivity index (χ1v) is 6.02. The number of imidazole rings is 1. The molecule has 6 heteroatoms. The van der Waals surface area contributed by atoms with Crippen molar-refractivity contribution >= 4 is 16.8 Å². The number of aliphatic hydroxyl groups is 1. The number of hydrogen-bond acceptors (Lipinski definition) is 4. The lowest BCUT2D eigenvalue weighted by molar-refractivity contribution is 0.100. The molecule has 0 fully saturated rings. The number of carbonyl (C=O) groups is 1. The molecule has 0 bridgehead atoms. The van der Waals surface area contributed by atoms with Gasteiger partial charge in [0.2, 0.25) is 5.91 Å². The Bertz CT molecular complexity index is 795. The Morgan fingerprint density at radius 2 is 2.15 bits per heavy atom. The molecule has 0 aliphatic heterocycles. The van der Waals surface area contributed by atoms with Crippen molar-refractivity contribution in [3.05, 3.63) is 54.1 Å². The molecule has 20 heavy (non-hydrogen) atoms. The van der Waals surface area contributed by atoms with E-state index in [9.17, 15) is 9.90 Å². The van der Waals surface area contributed by atoms with Gasteiger partial charge in [-0.05, 0) is 12.1 Å². The highest BCUT2D eigenvalue weighted by Crippen LogP contribution is 2.20. The number of pyridine rings is 1. The molecule has 6 nitrogen and oxygen atoms in total. The summed E-state index contributed by atoms with van der Waals surface area (Å²) in [6, 6.07) is 8.87. The van der Waals surface area contributed by atoms with E-state index in [1.54, 1.807) is 29.0 Å². The maximum Gasteiger partial charge on any atom is 0.249 e. The molecule has 0 aliphatic carbocycles. The van der Waals surface area contributed by atoms with Crippen LogP contribution in [0.2, 0.25) is 0 Å². The Balaban J connectivity index is 2.30. The van der Waals surface area contributed by atoms with Crippen LogP contribution in [0.25, 0.3) is 16.7 Å². The van der Waals surface area contributed by atoms with Crippen LogP contribution in [0.15, 0.2) is 42.9 Å². The number of benzene rings is 1. The maximum atomic E-state index is 11.6. The number of carbonyl (C=O) groups excluding carboxylic acids is 1. The van der Waals surface area contributed by atoms with E-state index in [1.807, 2.05) is 12.1 Å². The smallest absolute Gasteiger partial charge is 0.249 e. The Labute approximate surface area is 114 Å². The number of para-hydroxylation sites is 1. The van der Waals surface area contributed by atoms with Gasteiger partial charge in [0.15, 0.2) is 0 Å². The Morgan fingerprint density at radius 1 is 1.35 bits per heavy atom. The normalized spacial score (nSPS) is 10.8. The second kappa shape index (κ2) is 4.75. The molecular weight excluding hydrogens is 256 g/mol. The highest BCUT2D eigenvalue weighted by Gasteiger charge is 2.12. The van der Waals surface area contributed by atoms with E-state index in [4.69, 9.17) is 5.73 Å². The van der Waals surface area contributed by atoms with Crippen LogP contribution in [0, 0.1) is 0 Å². The molecule has 0 unspecified atom stereocenters. The van der Waals surface area contributed by atoms with E-state index in [2.05, 4.69) is 9.97 Å². The van der Waals surface area contributed by atoms with Gasteiger partial charge in [-0.3, -0.25) is 9.36 Å². The summed E-state index contributed by atoms with van der Waals surface area (Å²) in [5, 5.41) is 9.98. The third-order valence-electron chi connectivity index (χ3n) is 3.09. The van der Waals surface area contributed by atoms with Crippen LogP contribution in [0.4, 0.5) is 0 Å². The second-order valence-electron chi connectivity index (χ2n) is 4.32. The minimum Gasteiger partial charge on any atom is -0.390 e. The molecule has 0 radical (unpaired) electrons. The zero-order chi connectivity index (χ0) is 14.1. The second-order valence-corrected chi connectivity index (χ2v) is 4.32. The van der Waals surface area contributed by atoms with Crippen LogP contribution in [-0.4, -0.2) is 25.5 Å². The molecule has 0 saturated heterocycles. The van der Waals surface area contributed by atoms with Gasteiger partial charge in [0, 0.05) is 5.39 Å². The number of aromatic nitrogens is 3. The van der Waals surface area contributed by atoms with Crippen molar-refractivity contribution in [2.75, 3.05) is 0 Å². The lowest BCUT2D eigenvalue weighted by Crippen LogP contribution is -2.13. The van der Waals surface area contributed by atoms with Gasteiger partial charge >= 0.3 is 0 Å². The summed E-state index contributed by atoms with van der Waals surface area (Å²) in [6.07, 6.45) is 3.08. The van der Waals surface area contributed by atoms with Crippen molar-refractivity contribution in [2.45, 2.75) is 6.61 Å². The third kappa shape index (κ3) is 1.92. The van der Waals surface area contributed by atoms with E-state index in [1.165, 1.54) is 6.33 Å². The molecule has 0 saturated carbocycles. The van der Waals surface area contributed by atoms with Gasteiger partial charge in [-0.15, -0.1) is 0 Å². The first-order valence-electron chi connectivity index (χ1n) is 6.02. The van der Waals surface area contributed by atoms with Crippen LogP contribution in [0.3, 0.4) is 0 Å². The molecule has 0 spiro atoms. The van der Waals surface area contributed by atoms with E-state index in [-0.39, 0.29) is 6.61 Å². The zero-order valence-corrected chi connectivity index (χ0v) is 10.5. The van der Waals surface area contributed by atoms with Crippen molar-refractivity contribution in [1.29, 1.82) is 0 Å². The summed E-state index contributed by atoms with van der Waals surface area (Å²) in [4.78, 5) is 20.1. The maximum absolute atomic E-state index is 11.6. The standard InChI is InChI=1S/C14H12N4O2/c15-14(20)11-5-13(18-8-16-6-9(18)7-19)17-12-4-2-1-3-10(11)12/h1-6,8,19H,7H2,(H2,15,20). The van der Waals surface area contributed by atoms with Gasteiger partial charge in [0.1, 0.15) is 12.1 Å². The predicted octanol–water partition coefficient (Wildman–Crippen LogP) is 1.01. The largest absolute Gasteiger partial charge is 0.390 e.